The minimum Gasteiger partial charge on any atom is -0.491 e. The molecule has 1 aliphatic rings. The number of hydrogen-bond acceptors (Lipinski definition) is 3. The van der Waals surface area contributed by atoms with Crippen LogP contribution in [0.4, 0.5) is 0 Å². The van der Waals surface area contributed by atoms with E-state index in [4.69, 9.17) is 9.84 Å². The first-order valence-electron chi connectivity index (χ1n) is 11.1. The number of aliphatic hydroxyl groups is 1. The normalized spacial score (nSPS) is 15.6. The van der Waals surface area contributed by atoms with E-state index in [2.05, 4.69) is 63.5 Å². The largest absolute Gasteiger partial charge is 0.491 e. The summed E-state index contributed by atoms with van der Waals surface area (Å²) in [5.41, 5.74) is 4.22. The lowest BCUT2D eigenvalue weighted by molar-refractivity contribution is 0.182. The Morgan fingerprint density at radius 1 is 1.07 bits per heavy atom. The molecule has 2 aromatic rings. The molecule has 0 bridgehead atoms. The van der Waals surface area contributed by atoms with Gasteiger partial charge in [0, 0.05) is 6.54 Å². The Balaban J connectivity index is 1.53. The summed E-state index contributed by atoms with van der Waals surface area (Å²) >= 11 is 0. The SMILES string of the molecule is CCCc1cccc(OCCO)c1CC1CCN(CCc2ccc(P)cc2)CC1. The van der Waals surface area contributed by atoms with Crippen LogP contribution in [0, 0.1) is 5.92 Å². The first-order chi connectivity index (χ1) is 14.2. The van der Waals surface area contributed by atoms with Gasteiger partial charge < -0.3 is 14.7 Å². The summed E-state index contributed by atoms with van der Waals surface area (Å²) in [6, 6.07) is 15.3. The van der Waals surface area contributed by atoms with Gasteiger partial charge in [-0.15, -0.1) is 9.24 Å². The lowest BCUT2D eigenvalue weighted by Crippen LogP contribution is -2.35. The van der Waals surface area contributed by atoms with Crippen molar-refractivity contribution in [2.24, 2.45) is 5.92 Å². The van der Waals surface area contributed by atoms with Crippen molar-refractivity contribution in [1.82, 2.24) is 4.90 Å². The molecule has 1 aliphatic heterocycles. The lowest BCUT2D eigenvalue weighted by Gasteiger charge is -2.32. The maximum Gasteiger partial charge on any atom is 0.122 e. The summed E-state index contributed by atoms with van der Waals surface area (Å²) in [5, 5.41) is 10.4. The summed E-state index contributed by atoms with van der Waals surface area (Å²) in [6.45, 7) is 6.20. The zero-order chi connectivity index (χ0) is 20.5. The summed E-state index contributed by atoms with van der Waals surface area (Å²) in [4.78, 5) is 2.62. The Labute approximate surface area is 178 Å². The topological polar surface area (TPSA) is 32.7 Å². The monoisotopic (exact) mass is 413 g/mol. The molecule has 1 atom stereocenters. The highest BCUT2D eigenvalue weighted by molar-refractivity contribution is 7.27. The number of rotatable bonds is 10. The predicted octanol–water partition coefficient (Wildman–Crippen LogP) is 4.01. The maximum absolute atomic E-state index is 9.16. The third-order valence-electron chi connectivity index (χ3n) is 5.99. The van der Waals surface area contributed by atoms with E-state index in [0.29, 0.717) is 6.61 Å². The van der Waals surface area contributed by atoms with Crippen molar-refractivity contribution in [3.8, 4) is 5.75 Å². The first kappa shape index (κ1) is 22.3. The van der Waals surface area contributed by atoms with Crippen LogP contribution < -0.4 is 10.0 Å². The Kier molecular flexibility index (Phi) is 8.98. The van der Waals surface area contributed by atoms with Gasteiger partial charge in [-0.1, -0.05) is 49.7 Å². The molecule has 0 aliphatic carbocycles. The van der Waals surface area contributed by atoms with Crippen LogP contribution in [0.1, 0.15) is 42.9 Å². The van der Waals surface area contributed by atoms with E-state index in [-0.39, 0.29) is 6.61 Å². The molecule has 1 N–H and O–H groups in total. The van der Waals surface area contributed by atoms with Gasteiger partial charge in [-0.3, -0.25) is 0 Å². The van der Waals surface area contributed by atoms with Gasteiger partial charge in [0.2, 0.25) is 0 Å². The van der Waals surface area contributed by atoms with Gasteiger partial charge in [0.25, 0.3) is 0 Å². The molecule has 0 aromatic heterocycles. The molecular weight excluding hydrogens is 377 g/mol. The van der Waals surface area contributed by atoms with E-state index < -0.39 is 0 Å². The standard InChI is InChI=1S/C25H36NO2P/c1-2-4-22-5-3-6-25(28-18-17-27)24(22)19-21-12-15-26(16-13-21)14-11-20-7-9-23(29)10-8-20/h3,5-10,21,27H,2,4,11-19,29H2,1H3. The molecule has 1 heterocycles. The van der Waals surface area contributed by atoms with Gasteiger partial charge in [-0.25, -0.2) is 0 Å². The second-order valence-electron chi connectivity index (χ2n) is 8.20. The van der Waals surface area contributed by atoms with Crippen molar-refractivity contribution in [1.29, 1.82) is 0 Å². The first-order valence-corrected chi connectivity index (χ1v) is 11.7. The van der Waals surface area contributed by atoms with Crippen molar-refractivity contribution in [2.75, 3.05) is 32.8 Å². The van der Waals surface area contributed by atoms with Crippen LogP contribution in [-0.4, -0.2) is 42.9 Å². The smallest absolute Gasteiger partial charge is 0.122 e. The van der Waals surface area contributed by atoms with Gasteiger partial charge in [-0.2, -0.15) is 0 Å². The molecule has 0 amide bonds. The fourth-order valence-electron chi connectivity index (χ4n) is 4.31. The molecule has 0 spiro atoms. The fraction of sp³-hybridized carbons (Fsp3) is 0.520. The maximum atomic E-state index is 9.16. The number of hydrogen-bond donors (Lipinski definition) is 1. The quantitative estimate of drug-likeness (QED) is 0.598. The number of aliphatic hydroxyl groups excluding tert-OH is 1. The van der Waals surface area contributed by atoms with Crippen molar-refractivity contribution in [3.05, 3.63) is 59.2 Å². The Morgan fingerprint density at radius 3 is 2.52 bits per heavy atom. The molecule has 3 rings (SSSR count). The van der Waals surface area contributed by atoms with E-state index in [1.807, 2.05) is 0 Å². The molecule has 2 aromatic carbocycles. The van der Waals surface area contributed by atoms with Crippen molar-refractivity contribution >= 4 is 14.5 Å². The molecule has 4 heteroatoms. The molecule has 0 saturated carbocycles. The highest BCUT2D eigenvalue weighted by atomic mass is 31.0. The molecular formula is C25H36NO2P. The third-order valence-corrected chi connectivity index (χ3v) is 6.38. The van der Waals surface area contributed by atoms with Gasteiger partial charge in [0.1, 0.15) is 12.4 Å². The van der Waals surface area contributed by atoms with Crippen LogP contribution in [0.15, 0.2) is 42.5 Å². The molecule has 1 saturated heterocycles. The van der Waals surface area contributed by atoms with E-state index in [1.54, 1.807) is 0 Å². The molecule has 1 fully saturated rings. The van der Waals surface area contributed by atoms with E-state index in [9.17, 15) is 0 Å². The number of piperidine rings is 1. The second kappa shape index (κ2) is 11.7. The number of likely N-dealkylation sites (tertiary alicyclic amines) is 1. The fourth-order valence-corrected chi connectivity index (χ4v) is 4.50. The van der Waals surface area contributed by atoms with E-state index in [1.165, 1.54) is 47.9 Å². The van der Waals surface area contributed by atoms with Gasteiger partial charge in [0.05, 0.1) is 6.61 Å². The number of benzene rings is 2. The Hall–Kier alpha value is -1.41. The lowest BCUT2D eigenvalue weighted by atomic mass is 9.87. The molecule has 3 nitrogen and oxygen atoms in total. The zero-order valence-electron chi connectivity index (χ0n) is 17.8. The summed E-state index contributed by atoms with van der Waals surface area (Å²) in [7, 11) is 2.75. The van der Waals surface area contributed by atoms with Gasteiger partial charge >= 0.3 is 0 Å². The Bertz CT molecular complexity index is 739. The van der Waals surface area contributed by atoms with Crippen molar-refractivity contribution in [2.45, 2.75) is 45.4 Å². The highest BCUT2D eigenvalue weighted by Crippen LogP contribution is 2.30. The molecule has 29 heavy (non-hydrogen) atoms. The average Bonchev–Trinajstić information content (AvgIpc) is 2.74. The number of aryl methyl sites for hydroxylation is 1. The van der Waals surface area contributed by atoms with E-state index in [0.717, 1.165) is 43.9 Å². The summed E-state index contributed by atoms with van der Waals surface area (Å²) in [6.07, 6.45) is 6.98. The van der Waals surface area contributed by atoms with Crippen molar-refractivity contribution < 1.29 is 9.84 Å². The van der Waals surface area contributed by atoms with Crippen LogP contribution in [0.5, 0.6) is 5.75 Å². The van der Waals surface area contributed by atoms with Crippen LogP contribution in [0.2, 0.25) is 0 Å². The second-order valence-corrected chi connectivity index (χ2v) is 8.86. The summed E-state index contributed by atoms with van der Waals surface area (Å²) in [5.74, 6) is 1.70. The van der Waals surface area contributed by atoms with Gasteiger partial charge in [-0.05, 0) is 79.2 Å². The highest BCUT2D eigenvalue weighted by Gasteiger charge is 2.22. The van der Waals surface area contributed by atoms with Gasteiger partial charge in [0.15, 0.2) is 0 Å². The number of nitrogens with zero attached hydrogens (tertiary/aromatic N) is 1. The van der Waals surface area contributed by atoms with Crippen LogP contribution in [0.3, 0.4) is 0 Å². The summed E-state index contributed by atoms with van der Waals surface area (Å²) < 4.78 is 5.87. The predicted molar refractivity (Wildman–Crippen MR) is 125 cm³/mol. The van der Waals surface area contributed by atoms with E-state index >= 15 is 0 Å². The van der Waals surface area contributed by atoms with Crippen LogP contribution in [-0.2, 0) is 19.3 Å². The van der Waals surface area contributed by atoms with Crippen molar-refractivity contribution in [3.63, 3.8) is 0 Å². The minimum absolute atomic E-state index is 0.0651. The average molecular weight is 414 g/mol. The Morgan fingerprint density at radius 2 is 1.83 bits per heavy atom. The zero-order valence-corrected chi connectivity index (χ0v) is 18.9. The third kappa shape index (κ3) is 6.81. The number of ether oxygens (including phenoxy) is 1. The van der Waals surface area contributed by atoms with Crippen LogP contribution in [0.25, 0.3) is 0 Å². The molecule has 0 radical (unpaired) electrons. The molecule has 1 unspecified atom stereocenters. The minimum atomic E-state index is 0.0651. The van der Waals surface area contributed by atoms with Crippen LogP contribution >= 0.6 is 9.24 Å². The molecule has 158 valence electrons.